The fourth-order valence-corrected chi connectivity index (χ4v) is 2.69. The van der Waals surface area contributed by atoms with E-state index in [2.05, 4.69) is 44.5 Å². The molecule has 0 bridgehead atoms. The first-order valence-electron chi connectivity index (χ1n) is 8.58. The molecule has 8 nitrogen and oxygen atoms in total. The molecule has 2 rings (SSSR count). The number of guanidine groups is 1. The summed E-state index contributed by atoms with van der Waals surface area (Å²) in [6.45, 7) is 11.5. The highest BCUT2D eigenvalue weighted by molar-refractivity contribution is 14.0. The molecule has 0 radical (unpaired) electrons. The number of hydrogen-bond acceptors (Lipinski definition) is 6. The lowest BCUT2D eigenvalue weighted by Gasteiger charge is -2.41. The lowest BCUT2D eigenvalue weighted by molar-refractivity contribution is -0.00833. The number of morpholine rings is 1. The Kier molecular flexibility index (Phi) is 9.65. The fraction of sp³-hybridized carbons (Fsp3) is 0.812. The third kappa shape index (κ3) is 7.45. The van der Waals surface area contributed by atoms with Crippen LogP contribution in [0.4, 0.5) is 0 Å². The number of nitrogens with one attached hydrogen (secondary N) is 2. The number of hydrogen-bond donors (Lipinski definition) is 2. The second kappa shape index (κ2) is 10.9. The van der Waals surface area contributed by atoms with Gasteiger partial charge in [-0.3, -0.25) is 9.89 Å². The van der Waals surface area contributed by atoms with E-state index in [4.69, 9.17) is 9.26 Å². The van der Waals surface area contributed by atoms with E-state index in [9.17, 15) is 0 Å². The van der Waals surface area contributed by atoms with Crippen molar-refractivity contribution in [3.8, 4) is 0 Å². The molecule has 2 heterocycles. The van der Waals surface area contributed by atoms with Gasteiger partial charge in [-0.25, -0.2) is 0 Å². The minimum atomic E-state index is 0. The number of nitrogens with zero attached hydrogens (tertiary/aromatic N) is 4. The molecular weight excluding hydrogens is 435 g/mol. The van der Waals surface area contributed by atoms with Crippen LogP contribution in [0.3, 0.4) is 0 Å². The maximum atomic E-state index is 5.43. The molecule has 0 atom stereocenters. The molecule has 1 aliphatic heterocycles. The van der Waals surface area contributed by atoms with Gasteiger partial charge in [0.25, 0.3) is 0 Å². The summed E-state index contributed by atoms with van der Waals surface area (Å²) in [7, 11) is 1.79. The molecule has 0 unspecified atom stereocenters. The van der Waals surface area contributed by atoms with Gasteiger partial charge in [0.05, 0.1) is 13.2 Å². The van der Waals surface area contributed by atoms with E-state index >= 15 is 0 Å². The van der Waals surface area contributed by atoms with Crippen LogP contribution >= 0.6 is 24.0 Å². The maximum absolute atomic E-state index is 5.43. The Balaban J connectivity index is 0.00000312. The highest BCUT2D eigenvalue weighted by Crippen LogP contribution is 2.14. The Morgan fingerprint density at radius 1 is 1.28 bits per heavy atom. The first-order valence-corrected chi connectivity index (χ1v) is 8.58. The summed E-state index contributed by atoms with van der Waals surface area (Å²) in [4.78, 5) is 10.9. The van der Waals surface area contributed by atoms with Crippen LogP contribution in [-0.4, -0.2) is 73.0 Å². The van der Waals surface area contributed by atoms with Crippen molar-refractivity contribution >= 4 is 29.9 Å². The van der Waals surface area contributed by atoms with Gasteiger partial charge in [0.2, 0.25) is 5.89 Å². The summed E-state index contributed by atoms with van der Waals surface area (Å²) in [6.07, 6.45) is 1.68. The molecular formula is C16H31IN6O2. The van der Waals surface area contributed by atoms with Gasteiger partial charge in [-0.1, -0.05) is 5.16 Å². The van der Waals surface area contributed by atoms with Gasteiger partial charge in [0, 0.05) is 45.2 Å². The van der Waals surface area contributed by atoms with Crippen LogP contribution in [0.1, 0.15) is 32.0 Å². The first-order chi connectivity index (χ1) is 11.5. The Labute approximate surface area is 167 Å². The smallest absolute Gasteiger partial charge is 0.226 e. The van der Waals surface area contributed by atoms with Crippen molar-refractivity contribution in [1.29, 1.82) is 0 Å². The number of aliphatic imine (C=N–C) groups is 1. The quantitative estimate of drug-likeness (QED) is 0.270. The van der Waals surface area contributed by atoms with E-state index in [0.717, 1.165) is 58.2 Å². The molecule has 0 aliphatic carbocycles. The lowest BCUT2D eigenvalue weighted by atomic mass is 10.0. The second-order valence-electron chi connectivity index (χ2n) is 6.60. The third-order valence-corrected chi connectivity index (χ3v) is 4.21. The van der Waals surface area contributed by atoms with Gasteiger partial charge in [0.15, 0.2) is 11.8 Å². The largest absolute Gasteiger partial charge is 0.379 e. The summed E-state index contributed by atoms with van der Waals surface area (Å²) in [5.41, 5.74) is 0.0582. The summed E-state index contributed by atoms with van der Waals surface area (Å²) in [5, 5.41) is 10.5. The topological polar surface area (TPSA) is 87.8 Å². The molecule has 0 aromatic carbocycles. The standard InChI is InChI=1S/C16H30N6O2.HI/c1-13-20-14(24-21-13)6-5-7-18-15(17-4)19-12-16(2,3)22-8-10-23-11-9-22;/h5-12H2,1-4H3,(H2,17,18,19);1H. The van der Waals surface area contributed by atoms with Gasteiger partial charge in [-0.15, -0.1) is 24.0 Å². The predicted octanol–water partition coefficient (Wildman–Crippen LogP) is 1.20. The first kappa shape index (κ1) is 22.1. The van der Waals surface area contributed by atoms with Crippen LogP contribution < -0.4 is 10.6 Å². The van der Waals surface area contributed by atoms with E-state index in [1.54, 1.807) is 7.05 Å². The fourth-order valence-electron chi connectivity index (χ4n) is 2.69. The van der Waals surface area contributed by atoms with Crippen molar-refractivity contribution in [1.82, 2.24) is 25.7 Å². The minimum Gasteiger partial charge on any atom is -0.379 e. The van der Waals surface area contributed by atoms with Crippen molar-refractivity contribution in [2.45, 2.75) is 39.2 Å². The molecule has 1 aliphatic rings. The molecule has 1 saturated heterocycles. The molecule has 0 spiro atoms. The average molecular weight is 466 g/mol. The Morgan fingerprint density at radius 2 is 2.00 bits per heavy atom. The van der Waals surface area contributed by atoms with Crippen molar-refractivity contribution in [3.05, 3.63) is 11.7 Å². The summed E-state index contributed by atoms with van der Waals surface area (Å²) < 4.78 is 10.5. The van der Waals surface area contributed by atoms with Gasteiger partial charge < -0.3 is 19.9 Å². The van der Waals surface area contributed by atoms with E-state index in [0.29, 0.717) is 11.7 Å². The number of ether oxygens (including phenoxy) is 1. The highest BCUT2D eigenvalue weighted by atomic mass is 127. The van der Waals surface area contributed by atoms with E-state index in [1.807, 2.05) is 6.92 Å². The van der Waals surface area contributed by atoms with Crippen LogP contribution in [0.15, 0.2) is 9.52 Å². The Morgan fingerprint density at radius 3 is 2.60 bits per heavy atom. The molecule has 1 aromatic rings. The third-order valence-electron chi connectivity index (χ3n) is 4.21. The predicted molar refractivity (Wildman–Crippen MR) is 109 cm³/mol. The zero-order valence-corrected chi connectivity index (χ0v) is 18.0. The van der Waals surface area contributed by atoms with E-state index in [1.165, 1.54) is 0 Å². The Hall–Kier alpha value is -0.940. The number of aromatic nitrogens is 2. The molecule has 144 valence electrons. The van der Waals surface area contributed by atoms with Crippen molar-refractivity contribution in [2.75, 3.05) is 46.4 Å². The SMILES string of the molecule is CN=C(NCCCc1nc(C)no1)NCC(C)(C)N1CCOCC1.I. The lowest BCUT2D eigenvalue weighted by Crippen LogP contribution is -2.56. The van der Waals surface area contributed by atoms with Crippen LogP contribution in [-0.2, 0) is 11.2 Å². The van der Waals surface area contributed by atoms with Crippen LogP contribution in [0.25, 0.3) is 0 Å². The van der Waals surface area contributed by atoms with Crippen molar-refractivity contribution in [2.24, 2.45) is 4.99 Å². The molecule has 9 heteroatoms. The molecule has 1 aromatic heterocycles. The van der Waals surface area contributed by atoms with Crippen molar-refractivity contribution in [3.63, 3.8) is 0 Å². The number of halogens is 1. The van der Waals surface area contributed by atoms with Gasteiger partial charge in [-0.05, 0) is 27.2 Å². The second-order valence-corrected chi connectivity index (χ2v) is 6.60. The van der Waals surface area contributed by atoms with Gasteiger partial charge >= 0.3 is 0 Å². The van der Waals surface area contributed by atoms with E-state index in [-0.39, 0.29) is 29.5 Å². The normalized spacial score (nSPS) is 16.4. The highest BCUT2D eigenvalue weighted by Gasteiger charge is 2.28. The number of rotatable bonds is 7. The van der Waals surface area contributed by atoms with E-state index < -0.39 is 0 Å². The Bertz CT molecular complexity index is 528. The van der Waals surface area contributed by atoms with Crippen LogP contribution in [0.5, 0.6) is 0 Å². The van der Waals surface area contributed by atoms with Crippen molar-refractivity contribution < 1.29 is 9.26 Å². The molecule has 0 saturated carbocycles. The summed E-state index contributed by atoms with van der Waals surface area (Å²) >= 11 is 0. The monoisotopic (exact) mass is 466 g/mol. The van der Waals surface area contributed by atoms with Gasteiger partial charge in [-0.2, -0.15) is 4.98 Å². The summed E-state index contributed by atoms with van der Waals surface area (Å²) in [6, 6.07) is 0. The minimum absolute atomic E-state index is 0. The molecule has 0 amide bonds. The number of aryl methyl sites for hydroxylation is 2. The molecule has 1 fully saturated rings. The summed E-state index contributed by atoms with van der Waals surface area (Å²) in [5.74, 6) is 2.18. The average Bonchev–Trinajstić information content (AvgIpc) is 3.00. The zero-order valence-electron chi connectivity index (χ0n) is 15.7. The van der Waals surface area contributed by atoms with Gasteiger partial charge in [0.1, 0.15) is 0 Å². The molecule has 25 heavy (non-hydrogen) atoms. The van der Waals surface area contributed by atoms with Crippen LogP contribution in [0.2, 0.25) is 0 Å². The zero-order chi connectivity index (χ0) is 17.4. The maximum Gasteiger partial charge on any atom is 0.226 e. The van der Waals surface area contributed by atoms with Crippen LogP contribution in [0, 0.1) is 6.92 Å². The molecule has 2 N–H and O–H groups in total.